The summed E-state index contributed by atoms with van der Waals surface area (Å²) in [6, 6.07) is 3.60. The number of rotatable bonds is 6. The third kappa shape index (κ3) is 5.61. The van der Waals surface area contributed by atoms with Crippen LogP contribution in [0.5, 0.6) is 0 Å². The van der Waals surface area contributed by atoms with Crippen LogP contribution >= 0.6 is 11.8 Å². The van der Waals surface area contributed by atoms with E-state index in [1.54, 1.807) is 24.5 Å². The van der Waals surface area contributed by atoms with Crippen molar-refractivity contribution in [3.05, 3.63) is 30.1 Å². The summed E-state index contributed by atoms with van der Waals surface area (Å²) in [6.45, 7) is 9.44. The first-order valence-corrected chi connectivity index (χ1v) is 9.31. The van der Waals surface area contributed by atoms with Crippen LogP contribution in [0, 0.1) is 5.92 Å². The van der Waals surface area contributed by atoms with Crippen LogP contribution in [0.4, 0.5) is 0 Å². The molecule has 0 atom stereocenters. The molecular formula is C17H27N3OS. The monoisotopic (exact) mass is 321 g/mol. The zero-order valence-electron chi connectivity index (χ0n) is 13.7. The SMILES string of the molecule is CC(C)CSCCN1CCCN(C(=O)c2ccncc2)CC1. The molecular weight excluding hydrogens is 294 g/mol. The lowest BCUT2D eigenvalue weighted by molar-refractivity contribution is 0.0761. The Kier molecular flexibility index (Phi) is 7.19. The van der Waals surface area contributed by atoms with Gasteiger partial charge < -0.3 is 9.80 Å². The molecule has 0 bridgehead atoms. The van der Waals surface area contributed by atoms with E-state index >= 15 is 0 Å². The quantitative estimate of drug-likeness (QED) is 0.755. The largest absolute Gasteiger partial charge is 0.337 e. The fourth-order valence-corrected chi connectivity index (χ4v) is 3.61. The summed E-state index contributed by atoms with van der Waals surface area (Å²) in [7, 11) is 0. The fraction of sp³-hybridized carbons (Fsp3) is 0.647. The van der Waals surface area contributed by atoms with Crippen molar-refractivity contribution in [2.45, 2.75) is 20.3 Å². The summed E-state index contributed by atoms with van der Waals surface area (Å²) >= 11 is 2.04. The minimum Gasteiger partial charge on any atom is -0.337 e. The first-order chi connectivity index (χ1) is 10.7. The third-order valence-electron chi connectivity index (χ3n) is 3.81. The van der Waals surface area contributed by atoms with Gasteiger partial charge >= 0.3 is 0 Å². The molecule has 1 aliphatic rings. The highest BCUT2D eigenvalue weighted by Crippen LogP contribution is 2.11. The number of carbonyl (C=O) groups is 1. The smallest absolute Gasteiger partial charge is 0.254 e. The van der Waals surface area contributed by atoms with Crippen LogP contribution in [0.3, 0.4) is 0 Å². The van der Waals surface area contributed by atoms with Gasteiger partial charge in [-0.1, -0.05) is 13.8 Å². The van der Waals surface area contributed by atoms with Gasteiger partial charge in [-0.15, -0.1) is 0 Å². The van der Waals surface area contributed by atoms with Gasteiger partial charge in [0.05, 0.1) is 0 Å². The average molecular weight is 321 g/mol. The van der Waals surface area contributed by atoms with Crippen molar-refractivity contribution < 1.29 is 4.79 Å². The molecule has 122 valence electrons. The van der Waals surface area contributed by atoms with Crippen molar-refractivity contribution in [1.82, 2.24) is 14.8 Å². The minimum atomic E-state index is 0.137. The Labute approximate surface area is 138 Å². The van der Waals surface area contributed by atoms with Gasteiger partial charge in [-0.2, -0.15) is 11.8 Å². The van der Waals surface area contributed by atoms with Gasteiger partial charge in [0.15, 0.2) is 0 Å². The topological polar surface area (TPSA) is 36.4 Å². The summed E-state index contributed by atoms with van der Waals surface area (Å²) < 4.78 is 0. The highest BCUT2D eigenvalue weighted by molar-refractivity contribution is 7.99. The minimum absolute atomic E-state index is 0.137. The van der Waals surface area contributed by atoms with E-state index < -0.39 is 0 Å². The number of carbonyl (C=O) groups excluding carboxylic acids is 1. The molecule has 5 heteroatoms. The van der Waals surface area contributed by atoms with E-state index in [4.69, 9.17) is 0 Å². The van der Waals surface area contributed by atoms with Crippen molar-refractivity contribution >= 4 is 17.7 Å². The molecule has 1 fully saturated rings. The summed E-state index contributed by atoms with van der Waals surface area (Å²) in [5.41, 5.74) is 0.746. The first kappa shape index (κ1) is 17.3. The number of thioether (sulfide) groups is 1. The van der Waals surface area contributed by atoms with Crippen molar-refractivity contribution in [2.24, 2.45) is 5.92 Å². The van der Waals surface area contributed by atoms with Crippen LogP contribution in [0.1, 0.15) is 30.6 Å². The Morgan fingerprint density at radius 2 is 2.00 bits per heavy atom. The number of aromatic nitrogens is 1. The normalized spacial score (nSPS) is 16.8. The molecule has 0 N–H and O–H groups in total. The average Bonchev–Trinajstić information content (AvgIpc) is 2.77. The Morgan fingerprint density at radius 1 is 1.23 bits per heavy atom. The number of hydrogen-bond acceptors (Lipinski definition) is 4. The molecule has 1 amide bonds. The van der Waals surface area contributed by atoms with Gasteiger partial charge in [-0.05, 0) is 36.8 Å². The highest BCUT2D eigenvalue weighted by Gasteiger charge is 2.19. The predicted molar refractivity (Wildman–Crippen MR) is 93.4 cm³/mol. The Balaban J connectivity index is 1.76. The lowest BCUT2D eigenvalue weighted by atomic mass is 10.2. The number of amides is 1. The second-order valence-electron chi connectivity index (χ2n) is 6.19. The van der Waals surface area contributed by atoms with Gasteiger partial charge in [0.2, 0.25) is 0 Å². The lowest BCUT2D eigenvalue weighted by Crippen LogP contribution is -2.35. The van der Waals surface area contributed by atoms with E-state index in [0.717, 1.165) is 50.6 Å². The molecule has 1 aromatic rings. The first-order valence-electron chi connectivity index (χ1n) is 8.16. The number of hydrogen-bond donors (Lipinski definition) is 0. The van der Waals surface area contributed by atoms with Gasteiger partial charge in [-0.25, -0.2) is 0 Å². The van der Waals surface area contributed by atoms with E-state index in [0.29, 0.717) is 0 Å². The molecule has 1 saturated heterocycles. The van der Waals surface area contributed by atoms with E-state index in [9.17, 15) is 4.79 Å². The second kappa shape index (κ2) is 9.16. The molecule has 2 rings (SSSR count). The molecule has 2 heterocycles. The molecule has 1 aromatic heterocycles. The molecule has 0 aliphatic carbocycles. The fourth-order valence-electron chi connectivity index (χ4n) is 2.59. The highest BCUT2D eigenvalue weighted by atomic mass is 32.2. The van der Waals surface area contributed by atoms with Crippen molar-refractivity contribution in [3.63, 3.8) is 0 Å². The Bertz CT molecular complexity index is 452. The van der Waals surface area contributed by atoms with Crippen LogP contribution in [-0.2, 0) is 0 Å². The summed E-state index contributed by atoms with van der Waals surface area (Å²) in [5, 5.41) is 0. The third-order valence-corrected chi connectivity index (χ3v) is 5.18. The maximum absolute atomic E-state index is 12.5. The number of nitrogens with zero attached hydrogens (tertiary/aromatic N) is 3. The van der Waals surface area contributed by atoms with Gasteiger partial charge in [-0.3, -0.25) is 9.78 Å². The van der Waals surface area contributed by atoms with Gasteiger partial charge in [0, 0.05) is 49.9 Å². The maximum atomic E-state index is 12.5. The zero-order chi connectivity index (χ0) is 15.8. The summed E-state index contributed by atoms with van der Waals surface area (Å²) in [6.07, 6.45) is 4.43. The van der Waals surface area contributed by atoms with Gasteiger partial charge in [0.1, 0.15) is 0 Å². The van der Waals surface area contributed by atoms with Crippen molar-refractivity contribution in [2.75, 3.05) is 44.2 Å². The standard InChI is InChI=1S/C17H27N3OS/c1-15(2)14-22-13-12-19-8-3-9-20(11-10-19)17(21)16-4-6-18-7-5-16/h4-7,15H,3,8-14H2,1-2H3. The molecule has 0 saturated carbocycles. The van der Waals surface area contributed by atoms with Crippen LogP contribution in [0.15, 0.2) is 24.5 Å². The molecule has 0 spiro atoms. The van der Waals surface area contributed by atoms with E-state index in [2.05, 4.69) is 23.7 Å². The number of pyridine rings is 1. The van der Waals surface area contributed by atoms with Crippen LogP contribution in [0.25, 0.3) is 0 Å². The Morgan fingerprint density at radius 3 is 2.73 bits per heavy atom. The van der Waals surface area contributed by atoms with E-state index in [1.165, 1.54) is 11.5 Å². The summed E-state index contributed by atoms with van der Waals surface area (Å²) in [5.74, 6) is 3.33. The van der Waals surface area contributed by atoms with Crippen LogP contribution in [-0.4, -0.2) is 64.9 Å². The molecule has 0 radical (unpaired) electrons. The molecule has 22 heavy (non-hydrogen) atoms. The van der Waals surface area contributed by atoms with E-state index in [1.807, 2.05) is 16.7 Å². The second-order valence-corrected chi connectivity index (χ2v) is 7.34. The molecule has 4 nitrogen and oxygen atoms in total. The summed E-state index contributed by atoms with van der Waals surface area (Å²) in [4.78, 5) is 20.9. The van der Waals surface area contributed by atoms with Crippen molar-refractivity contribution in [1.29, 1.82) is 0 Å². The lowest BCUT2D eigenvalue weighted by Gasteiger charge is -2.22. The molecule has 0 aromatic carbocycles. The zero-order valence-corrected chi connectivity index (χ0v) is 14.5. The van der Waals surface area contributed by atoms with Crippen LogP contribution in [0.2, 0.25) is 0 Å². The Hall–Kier alpha value is -1.07. The van der Waals surface area contributed by atoms with Gasteiger partial charge in [0.25, 0.3) is 5.91 Å². The van der Waals surface area contributed by atoms with Crippen molar-refractivity contribution in [3.8, 4) is 0 Å². The van der Waals surface area contributed by atoms with Crippen LogP contribution < -0.4 is 0 Å². The van der Waals surface area contributed by atoms with E-state index in [-0.39, 0.29) is 5.91 Å². The maximum Gasteiger partial charge on any atom is 0.254 e. The predicted octanol–water partition coefficient (Wildman–Crippen LogP) is 2.62. The molecule has 0 unspecified atom stereocenters. The molecule has 1 aliphatic heterocycles.